The molecule has 1 aliphatic heterocycles. The zero-order valence-corrected chi connectivity index (χ0v) is 13.6. The standard InChI is InChI=1S/C20H24N2O/c1-16(17-9-4-2-5-10-17)21-20(23)15-22-14-8-13-19(22)18-11-6-3-7-12-18/h2-7,9-12,16,19H,8,13-15H2,1H3,(H,21,23). The maximum Gasteiger partial charge on any atom is 0.234 e. The lowest BCUT2D eigenvalue weighted by Gasteiger charge is -2.25. The highest BCUT2D eigenvalue weighted by atomic mass is 16.2. The van der Waals surface area contributed by atoms with E-state index in [9.17, 15) is 4.79 Å². The Morgan fingerprint density at radius 1 is 1.13 bits per heavy atom. The van der Waals surface area contributed by atoms with E-state index in [4.69, 9.17) is 0 Å². The number of benzene rings is 2. The second-order valence-corrected chi connectivity index (χ2v) is 6.24. The first kappa shape index (κ1) is 15.8. The number of nitrogens with one attached hydrogen (secondary N) is 1. The van der Waals surface area contributed by atoms with Gasteiger partial charge in [-0.3, -0.25) is 9.69 Å². The predicted octanol–water partition coefficient (Wildman–Crippen LogP) is 3.70. The molecule has 1 aliphatic rings. The normalized spacial score (nSPS) is 19.4. The van der Waals surface area contributed by atoms with Crippen LogP contribution < -0.4 is 5.32 Å². The van der Waals surface area contributed by atoms with E-state index in [2.05, 4.69) is 34.5 Å². The van der Waals surface area contributed by atoms with Crippen LogP contribution in [0.4, 0.5) is 0 Å². The molecule has 1 N–H and O–H groups in total. The van der Waals surface area contributed by atoms with Crippen LogP contribution in [0.5, 0.6) is 0 Å². The number of hydrogen-bond acceptors (Lipinski definition) is 2. The van der Waals surface area contributed by atoms with Crippen molar-refractivity contribution in [2.24, 2.45) is 0 Å². The summed E-state index contributed by atoms with van der Waals surface area (Å²) in [4.78, 5) is 14.7. The van der Waals surface area contributed by atoms with E-state index in [0.29, 0.717) is 12.6 Å². The van der Waals surface area contributed by atoms with Gasteiger partial charge in [-0.15, -0.1) is 0 Å². The van der Waals surface area contributed by atoms with Crippen molar-refractivity contribution in [2.45, 2.75) is 31.8 Å². The first-order valence-electron chi connectivity index (χ1n) is 8.37. The fourth-order valence-electron chi connectivity index (χ4n) is 3.36. The summed E-state index contributed by atoms with van der Waals surface area (Å²) in [5.74, 6) is 0.101. The lowest BCUT2D eigenvalue weighted by Crippen LogP contribution is -2.38. The number of likely N-dealkylation sites (tertiary alicyclic amines) is 1. The average Bonchev–Trinajstić information content (AvgIpc) is 3.04. The summed E-state index contributed by atoms with van der Waals surface area (Å²) < 4.78 is 0. The van der Waals surface area contributed by atoms with E-state index in [0.717, 1.165) is 24.9 Å². The fourth-order valence-corrected chi connectivity index (χ4v) is 3.36. The van der Waals surface area contributed by atoms with Crippen LogP contribution in [0.25, 0.3) is 0 Å². The molecule has 0 aliphatic carbocycles. The van der Waals surface area contributed by atoms with Gasteiger partial charge in [-0.1, -0.05) is 60.7 Å². The Morgan fingerprint density at radius 3 is 2.48 bits per heavy atom. The highest BCUT2D eigenvalue weighted by Gasteiger charge is 2.27. The van der Waals surface area contributed by atoms with Crippen molar-refractivity contribution in [3.8, 4) is 0 Å². The van der Waals surface area contributed by atoms with Gasteiger partial charge in [-0.2, -0.15) is 0 Å². The summed E-state index contributed by atoms with van der Waals surface area (Å²) in [7, 11) is 0. The van der Waals surface area contributed by atoms with Crippen molar-refractivity contribution >= 4 is 5.91 Å². The lowest BCUT2D eigenvalue weighted by molar-refractivity contribution is -0.123. The molecule has 1 amide bonds. The highest BCUT2D eigenvalue weighted by molar-refractivity contribution is 5.78. The smallest absolute Gasteiger partial charge is 0.234 e. The molecule has 2 aromatic rings. The Balaban J connectivity index is 1.59. The Hall–Kier alpha value is -2.13. The molecular formula is C20H24N2O. The first-order valence-corrected chi connectivity index (χ1v) is 8.37. The van der Waals surface area contributed by atoms with Crippen molar-refractivity contribution in [2.75, 3.05) is 13.1 Å². The Morgan fingerprint density at radius 2 is 1.78 bits per heavy atom. The second kappa shape index (κ2) is 7.42. The Kier molecular flexibility index (Phi) is 5.09. The third kappa shape index (κ3) is 3.99. The molecule has 3 rings (SSSR count). The zero-order chi connectivity index (χ0) is 16.1. The van der Waals surface area contributed by atoms with Gasteiger partial charge in [0.2, 0.25) is 5.91 Å². The molecule has 23 heavy (non-hydrogen) atoms. The largest absolute Gasteiger partial charge is 0.348 e. The van der Waals surface area contributed by atoms with Crippen molar-refractivity contribution in [1.82, 2.24) is 10.2 Å². The minimum atomic E-state index is 0.0430. The van der Waals surface area contributed by atoms with Crippen LogP contribution >= 0.6 is 0 Å². The topological polar surface area (TPSA) is 32.3 Å². The summed E-state index contributed by atoms with van der Waals surface area (Å²) in [5, 5.41) is 3.11. The van der Waals surface area contributed by atoms with Crippen LogP contribution in [0.15, 0.2) is 60.7 Å². The molecule has 0 radical (unpaired) electrons. The summed E-state index contributed by atoms with van der Waals surface area (Å²) >= 11 is 0. The van der Waals surface area contributed by atoms with Crippen LogP contribution in [0.2, 0.25) is 0 Å². The number of carbonyl (C=O) groups is 1. The molecule has 2 aromatic carbocycles. The average molecular weight is 308 g/mol. The van der Waals surface area contributed by atoms with Gasteiger partial charge in [0.15, 0.2) is 0 Å². The van der Waals surface area contributed by atoms with Gasteiger partial charge in [0.1, 0.15) is 0 Å². The molecule has 120 valence electrons. The second-order valence-electron chi connectivity index (χ2n) is 6.24. The third-order valence-corrected chi connectivity index (χ3v) is 4.57. The molecule has 0 aromatic heterocycles. The zero-order valence-electron chi connectivity index (χ0n) is 13.6. The van der Waals surface area contributed by atoms with Crippen LogP contribution in [-0.4, -0.2) is 23.9 Å². The summed E-state index contributed by atoms with van der Waals surface area (Å²) in [6.07, 6.45) is 2.28. The number of rotatable bonds is 5. The molecule has 0 bridgehead atoms. The monoisotopic (exact) mass is 308 g/mol. The summed E-state index contributed by atoms with van der Waals surface area (Å²) in [6, 6.07) is 21.0. The first-order chi connectivity index (χ1) is 11.2. The molecular weight excluding hydrogens is 284 g/mol. The minimum absolute atomic E-state index is 0.0430. The van der Waals surface area contributed by atoms with E-state index in [1.54, 1.807) is 0 Å². The predicted molar refractivity (Wildman–Crippen MR) is 93.0 cm³/mol. The summed E-state index contributed by atoms with van der Waals surface area (Å²) in [5.41, 5.74) is 2.45. The Labute approximate surface area is 138 Å². The quantitative estimate of drug-likeness (QED) is 0.913. The number of nitrogens with zero attached hydrogens (tertiary/aromatic N) is 1. The molecule has 1 heterocycles. The van der Waals surface area contributed by atoms with Crippen molar-refractivity contribution in [3.05, 3.63) is 71.8 Å². The number of carbonyl (C=O) groups excluding carboxylic acids is 1. The lowest BCUT2D eigenvalue weighted by atomic mass is 10.0. The minimum Gasteiger partial charge on any atom is -0.348 e. The van der Waals surface area contributed by atoms with Crippen molar-refractivity contribution in [1.29, 1.82) is 0 Å². The molecule has 1 saturated heterocycles. The summed E-state index contributed by atoms with van der Waals surface area (Å²) in [6.45, 7) is 3.50. The van der Waals surface area contributed by atoms with Crippen LogP contribution in [0.3, 0.4) is 0 Å². The van der Waals surface area contributed by atoms with Crippen molar-refractivity contribution in [3.63, 3.8) is 0 Å². The van der Waals surface area contributed by atoms with Crippen LogP contribution in [0.1, 0.15) is 43.0 Å². The van der Waals surface area contributed by atoms with Crippen LogP contribution in [-0.2, 0) is 4.79 Å². The van der Waals surface area contributed by atoms with Gasteiger partial charge < -0.3 is 5.32 Å². The van der Waals surface area contributed by atoms with E-state index < -0.39 is 0 Å². The van der Waals surface area contributed by atoms with Crippen LogP contribution in [0, 0.1) is 0 Å². The third-order valence-electron chi connectivity index (χ3n) is 4.57. The molecule has 0 saturated carbocycles. The van der Waals surface area contributed by atoms with Gasteiger partial charge in [0.05, 0.1) is 12.6 Å². The maximum atomic E-state index is 12.4. The number of hydrogen-bond donors (Lipinski definition) is 1. The molecule has 3 nitrogen and oxygen atoms in total. The molecule has 1 fully saturated rings. The Bertz CT molecular complexity index is 627. The molecule has 2 unspecified atom stereocenters. The van der Waals surface area contributed by atoms with Crippen molar-refractivity contribution < 1.29 is 4.79 Å². The van der Waals surface area contributed by atoms with E-state index in [1.807, 2.05) is 43.3 Å². The molecule has 3 heteroatoms. The molecule has 0 spiro atoms. The van der Waals surface area contributed by atoms with E-state index in [1.165, 1.54) is 5.56 Å². The number of amides is 1. The van der Waals surface area contributed by atoms with Gasteiger partial charge in [-0.25, -0.2) is 0 Å². The van der Waals surface area contributed by atoms with Gasteiger partial charge in [-0.05, 0) is 37.4 Å². The van der Waals surface area contributed by atoms with Gasteiger partial charge in [0.25, 0.3) is 0 Å². The van der Waals surface area contributed by atoms with Gasteiger partial charge >= 0.3 is 0 Å². The molecule has 2 atom stereocenters. The van der Waals surface area contributed by atoms with Gasteiger partial charge in [0, 0.05) is 6.04 Å². The maximum absolute atomic E-state index is 12.4. The highest BCUT2D eigenvalue weighted by Crippen LogP contribution is 2.31. The van der Waals surface area contributed by atoms with E-state index >= 15 is 0 Å². The van der Waals surface area contributed by atoms with E-state index in [-0.39, 0.29) is 11.9 Å². The fraction of sp³-hybridized carbons (Fsp3) is 0.350. The SMILES string of the molecule is CC(NC(=O)CN1CCCC1c1ccccc1)c1ccccc1.